The SMILES string of the molecule is O=S(=O)(O)c1ccccc1I.[Hg]. The molecule has 0 saturated carbocycles. The van der Waals surface area contributed by atoms with Crippen molar-refractivity contribution in [1.29, 1.82) is 0 Å². The van der Waals surface area contributed by atoms with Gasteiger partial charge >= 0.3 is 0 Å². The van der Waals surface area contributed by atoms with E-state index in [1.54, 1.807) is 18.2 Å². The van der Waals surface area contributed by atoms with Crippen LogP contribution in [-0.4, -0.2) is 13.0 Å². The van der Waals surface area contributed by atoms with Crippen molar-refractivity contribution in [1.82, 2.24) is 0 Å². The molecule has 0 heterocycles. The van der Waals surface area contributed by atoms with E-state index in [0.29, 0.717) is 3.57 Å². The molecule has 62 valence electrons. The molecule has 0 atom stereocenters. The first-order valence-corrected chi connectivity index (χ1v) is 5.26. The Morgan fingerprint density at radius 2 is 1.75 bits per heavy atom. The molecule has 3 nitrogen and oxygen atoms in total. The summed E-state index contributed by atoms with van der Waals surface area (Å²) in [5.74, 6) is 0. The van der Waals surface area contributed by atoms with Gasteiger partial charge in [0.15, 0.2) is 0 Å². The fraction of sp³-hybridized carbons (Fsp3) is 0. The Balaban J connectivity index is 0.00000121. The molecule has 1 rings (SSSR count). The third-order valence-corrected chi connectivity index (χ3v) is 3.33. The summed E-state index contributed by atoms with van der Waals surface area (Å²) in [5.41, 5.74) is 0. The minimum absolute atomic E-state index is 0. The fourth-order valence-corrected chi connectivity index (χ4v) is 2.44. The predicted molar refractivity (Wildman–Crippen MR) is 49.0 cm³/mol. The monoisotopic (exact) mass is 486 g/mol. The molecular formula is C6H5HgIO3S. The van der Waals surface area contributed by atoms with Crippen molar-refractivity contribution in [3.63, 3.8) is 0 Å². The minimum atomic E-state index is -4.04. The van der Waals surface area contributed by atoms with E-state index in [-0.39, 0.29) is 32.6 Å². The van der Waals surface area contributed by atoms with Gasteiger partial charge in [-0.1, -0.05) is 12.1 Å². The van der Waals surface area contributed by atoms with Crippen LogP contribution in [0.4, 0.5) is 0 Å². The van der Waals surface area contributed by atoms with Crippen molar-refractivity contribution < 1.29 is 40.6 Å². The summed E-state index contributed by atoms with van der Waals surface area (Å²) >= 11 is 1.85. The molecule has 0 radical (unpaired) electrons. The second kappa shape index (κ2) is 4.87. The number of rotatable bonds is 1. The molecule has 0 saturated heterocycles. The third kappa shape index (κ3) is 3.27. The summed E-state index contributed by atoms with van der Waals surface area (Å²) in [4.78, 5) is -0.0411. The first kappa shape index (κ1) is 12.8. The van der Waals surface area contributed by atoms with Crippen molar-refractivity contribution >= 4 is 32.7 Å². The van der Waals surface area contributed by atoms with Crippen molar-refractivity contribution in [2.24, 2.45) is 0 Å². The Morgan fingerprint density at radius 1 is 1.25 bits per heavy atom. The van der Waals surface area contributed by atoms with E-state index in [1.807, 2.05) is 22.6 Å². The van der Waals surface area contributed by atoms with Crippen molar-refractivity contribution in [2.75, 3.05) is 0 Å². The van der Waals surface area contributed by atoms with E-state index in [0.717, 1.165) is 0 Å². The quantitative estimate of drug-likeness (QED) is 0.374. The standard InChI is InChI=1S/C6H5IO3S.Hg/c7-5-3-1-2-4-6(5)11(8,9)10;/h1-4H,(H,8,9,10);. The van der Waals surface area contributed by atoms with Crippen LogP contribution in [-0.2, 0) is 37.8 Å². The summed E-state index contributed by atoms with van der Waals surface area (Å²) in [5, 5.41) is 0. The van der Waals surface area contributed by atoms with Crippen LogP contribution in [0.1, 0.15) is 0 Å². The van der Waals surface area contributed by atoms with Gasteiger partial charge in [-0.15, -0.1) is 0 Å². The molecular weight excluding hydrogens is 480 g/mol. The molecule has 1 N–H and O–H groups in total. The Hall–Kier alpha value is 0.795. The van der Waals surface area contributed by atoms with Crippen LogP contribution in [0.3, 0.4) is 0 Å². The van der Waals surface area contributed by atoms with Crippen molar-refractivity contribution in [2.45, 2.75) is 4.90 Å². The zero-order valence-electron chi connectivity index (χ0n) is 6.07. The van der Waals surface area contributed by atoms with Gasteiger partial charge in [0.1, 0.15) is 4.90 Å². The van der Waals surface area contributed by atoms with Crippen LogP contribution in [0.5, 0.6) is 0 Å². The van der Waals surface area contributed by atoms with Gasteiger partial charge in [-0.3, -0.25) is 4.55 Å². The molecule has 0 unspecified atom stereocenters. The minimum Gasteiger partial charge on any atom is -0.282 e. The van der Waals surface area contributed by atoms with E-state index in [9.17, 15) is 8.42 Å². The molecule has 0 aliphatic rings. The second-order valence-corrected chi connectivity index (χ2v) is 4.46. The van der Waals surface area contributed by atoms with Gasteiger partial charge in [0.25, 0.3) is 10.1 Å². The largest absolute Gasteiger partial charge is 0.295 e. The summed E-state index contributed by atoms with van der Waals surface area (Å²) in [6.45, 7) is 0. The van der Waals surface area contributed by atoms with Crippen molar-refractivity contribution in [3.05, 3.63) is 27.8 Å². The van der Waals surface area contributed by atoms with Crippen LogP contribution in [0, 0.1) is 3.57 Å². The van der Waals surface area contributed by atoms with Crippen LogP contribution in [0.15, 0.2) is 29.2 Å². The maximum Gasteiger partial charge on any atom is 0.295 e. The van der Waals surface area contributed by atoms with E-state index in [2.05, 4.69) is 0 Å². The Bertz CT molecular complexity index is 363. The molecule has 0 aromatic heterocycles. The smallest absolute Gasteiger partial charge is 0.282 e. The first-order valence-electron chi connectivity index (χ1n) is 2.74. The van der Waals surface area contributed by atoms with Gasteiger partial charge in [0, 0.05) is 31.2 Å². The molecule has 0 aliphatic carbocycles. The van der Waals surface area contributed by atoms with E-state index >= 15 is 0 Å². The Labute approximate surface area is 105 Å². The molecule has 0 bridgehead atoms. The predicted octanol–water partition coefficient (Wildman–Crippen LogP) is 1.54. The Morgan fingerprint density at radius 3 is 2.08 bits per heavy atom. The van der Waals surface area contributed by atoms with Crippen LogP contribution < -0.4 is 0 Å². The molecule has 0 aliphatic heterocycles. The summed E-state index contributed by atoms with van der Waals surface area (Å²) < 4.78 is 30.4. The first-order chi connectivity index (χ1) is 5.02. The van der Waals surface area contributed by atoms with Gasteiger partial charge in [0.05, 0.1) is 0 Å². The second-order valence-electron chi connectivity index (χ2n) is 1.91. The fourth-order valence-electron chi connectivity index (χ4n) is 0.654. The van der Waals surface area contributed by atoms with Gasteiger partial charge in [-0.05, 0) is 34.7 Å². The summed E-state index contributed by atoms with van der Waals surface area (Å²) in [6.07, 6.45) is 0. The maximum absolute atomic E-state index is 10.6. The van der Waals surface area contributed by atoms with Crippen LogP contribution in [0.25, 0.3) is 0 Å². The number of hydrogen-bond acceptors (Lipinski definition) is 2. The third-order valence-electron chi connectivity index (χ3n) is 1.11. The van der Waals surface area contributed by atoms with Gasteiger partial charge in [-0.2, -0.15) is 8.42 Å². The van der Waals surface area contributed by atoms with Gasteiger partial charge in [-0.25, -0.2) is 0 Å². The molecule has 1 aromatic rings. The van der Waals surface area contributed by atoms with Gasteiger partial charge in [0.2, 0.25) is 0 Å². The molecule has 0 spiro atoms. The van der Waals surface area contributed by atoms with Crippen LogP contribution >= 0.6 is 22.6 Å². The molecule has 6 heteroatoms. The van der Waals surface area contributed by atoms with E-state index < -0.39 is 10.1 Å². The summed E-state index contributed by atoms with van der Waals surface area (Å²) in [6, 6.07) is 6.24. The molecule has 0 amide bonds. The zero-order valence-corrected chi connectivity index (χ0v) is 14.5. The number of halogens is 1. The maximum atomic E-state index is 10.6. The van der Waals surface area contributed by atoms with Crippen molar-refractivity contribution in [3.8, 4) is 0 Å². The molecule has 12 heavy (non-hydrogen) atoms. The summed E-state index contributed by atoms with van der Waals surface area (Å²) in [7, 11) is -4.04. The van der Waals surface area contributed by atoms with E-state index in [4.69, 9.17) is 4.55 Å². The topological polar surface area (TPSA) is 54.4 Å². The van der Waals surface area contributed by atoms with Gasteiger partial charge < -0.3 is 0 Å². The Kier molecular flexibility index (Phi) is 5.20. The average Bonchev–Trinajstić information content (AvgIpc) is 1.86. The average molecular weight is 485 g/mol. The normalized spacial score (nSPS) is 10.5. The number of benzene rings is 1. The molecule has 1 aromatic carbocycles. The van der Waals surface area contributed by atoms with E-state index in [1.165, 1.54) is 6.07 Å². The zero-order chi connectivity index (χ0) is 8.48. The number of hydrogen-bond donors (Lipinski definition) is 1. The van der Waals surface area contributed by atoms with Crippen LogP contribution in [0.2, 0.25) is 0 Å². The molecule has 0 fully saturated rings.